The lowest BCUT2D eigenvalue weighted by atomic mass is 9.90. The number of carbonyl (C=O) groups is 1. The third-order valence-electron chi connectivity index (χ3n) is 3.65. The summed E-state index contributed by atoms with van der Waals surface area (Å²) in [6.07, 6.45) is 1.22. The number of nitrogens with zero attached hydrogens (tertiary/aromatic N) is 1. The van der Waals surface area contributed by atoms with Crippen molar-refractivity contribution in [2.75, 3.05) is 52.6 Å². The lowest BCUT2D eigenvalue weighted by Gasteiger charge is -2.32. The molecule has 0 aliphatic carbocycles. The average Bonchev–Trinajstić information content (AvgIpc) is 2.41. The highest BCUT2D eigenvalue weighted by molar-refractivity contribution is 5.86. The molecular weight excluding hydrogens is 234 g/mol. The van der Waals surface area contributed by atoms with Crippen LogP contribution < -0.4 is 11.1 Å². The lowest BCUT2D eigenvalue weighted by molar-refractivity contribution is -0.129. The van der Waals surface area contributed by atoms with Crippen molar-refractivity contribution < 1.29 is 14.3 Å². The van der Waals surface area contributed by atoms with Crippen LogP contribution in [0.2, 0.25) is 0 Å². The Hall–Kier alpha value is -0.690. The summed E-state index contributed by atoms with van der Waals surface area (Å²) in [4.78, 5) is 14.3. The SMILES string of the molecule is NC1(C(=O)NCCN2CCOCC2)CCOCC1. The molecule has 2 fully saturated rings. The topological polar surface area (TPSA) is 76.8 Å². The minimum atomic E-state index is -0.733. The lowest BCUT2D eigenvalue weighted by Crippen LogP contribution is -2.57. The number of morpholine rings is 1. The smallest absolute Gasteiger partial charge is 0.240 e. The van der Waals surface area contributed by atoms with Gasteiger partial charge in [-0.05, 0) is 12.8 Å². The second-order valence-corrected chi connectivity index (χ2v) is 4.98. The van der Waals surface area contributed by atoms with Gasteiger partial charge in [-0.1, -0.05) is 0 Å². The number of hydrogen-bond donors (Lipinski definition) is 2. The molecule has 0 radical (unpaired) electrons. The molecule has 0 aromatic rings. The zero-order valence-corrected chi connectivity index (χ0v) is 10.8. The molecule has 2 aliphatic rings. The van der Waals surface area contributed by atoms with Crippen LogP contribution >= 0.6 is 0 Å². The molecule has 3 N–H and O–H groups in total. The van der Waals surface area contributed by atoms with E-state index in [1.54, 1.807) is 0 Å². The van der Waals surface area contributed by atoms with E-state index in [1.807, 2.05) is 0 Å². The highest BCUT2D eigenvalue weighted by atomic mass is 16.5. The van der Waals surface area contributed by atoms with Crippen molar-refractivity contribution in [1.82, 2.24) is 10.2 Å². The molecule has 1 amide bonds. The monoisotopic (exact) mass is 257 g/mol. The summed E-state index contributed by atoms with van der Waals surface area (Å²) in [6, 6.07) is 0. The van der Waals surface area contributed by atoms with E-state index < -0.39 is 5.54 Å². The van der Waals surface area contributed by atoms with E-state index in [4.69, 9.17) is 15.2 Å². The van der Waals surface area contributed by atoms with Gasteiger partial charge < -0.3 is 20.5 Å². The number of nitrogens with one attached hydrogen (secondary N) is 1. The van der Waals surface area contributed by atoms with Crippen LogP contribution in [0, 0.1) is 0 Å². The first-order valence-corrected chi connectivity index (χ1v) is 6.66. The van der Waals surface area contributed by atoms with Gasteiger partial charge in [0.15, 0.2) is 0 Å². The summed E-state index contributed by atoms with van der Waals surface area (Å²) in [6.45, 7) is 6.12. The number of amides is 1. The molecule has 2 aliphatic heterocycles. The van der Waals surface area contributed by atoms with Gasteiger partial charge in [-0.2, -0.15) is 0 Å². The van der Waals surface area contributed by atoms with Crippen molar-refractivity contribution in [1.29, 1.82) is 0 Å². The maximum absolute atomic E-state index is 12.0. The Morgan fingerprint density at radius 2 is 1.78 bits per heavy atom. The molecule has 0 spiro atoms. The fourth-order valence-electron chi connectivity index (χ4n) is 2.29. The Labute approximate surface area is 108 Å². The summed E-state index contributed by atoms with van der Waals surface area (Å²) in [5.41, 5.74) is 5.36. The molecule has 104 valence electrons. The van der Waals surface area contributed by atoms with Gasteiger partial charge in [-0.15, -0.1) is 0 Å². The zero-order chi connectivity index (χ0) is 12.8. The van der Waals surface area contributed by atoms with E-state index in [-0.39, 0.29) is 5.91 Å². The van der Waals surface area contributed by atoms with Gasteiger partial charge in [-0.25, -0.2) is 0 Å². The first-order chi connectivity index (χ1) is 8.71. The molecule has 0 saturated carbocycles. The highest BCUT2D eigenvalue weighted by Gasteiger charge is 2.35. The molecule has 6 nitrogen and oxygen atoms in total. The molecule has 0 bridgehead atoms. The summed E-state index contributed by atoms with van der Waals surface area (Å²) in [5.74, 6) is -0.0425. The van der Waals surface area contributed by atoms with Crippen molar-refractivity contribution in [3.05, 3.63) is 0 Å². The van der Waals surface area contributed by atoms with Gasteiger partial charge in [-0.3, -0.25) is 9.69 Å². The molecule has 0 atom stereocenters. The Morgan fingerprint density at radius 3 is 2.44 bits per heavy atom. The van der Waals surface area contributed by atoms with E-state index in [0.717, 1.165) is 32.8 Å². The standard InChI is InChI=1S/C12H23N3O3/c13-12(1-7-17-8-2-12)11(16)14-3-4-15-5-9-18-10-6-15/h1-10,13H2,(H,14,16). The second kappa shape index (κ2) is 6.47. The van der Waals surface area contributed by atoms with Crippen LogP contribution in [-0.4, -0.2) is 69.0 Å². The Kier molecular flexibility index (Phi) is 4.94. The van der Waals surface area contributed by atoms with Crippen molar-refractivity contribution in [3.8, 4) is 0 Å². The van der Waals surface area contributed by atoms with Gasteiger partial charge in [0.2, 0.25) is 5.91 Å². The largest absolute Gasteiger partial charge is 0.381 e. The molecule has 2 saturated heterocycles. The minimum absolute atomic E-state index is 0.0425. The maximum Gasteiger partial charge on any atom is 0.240 e. The van der Waals surface area contributed by atoms with Crippen LogP contribution in [0.25, 0.3) is 0 Å². The van der Waals surface area contributed by atoms with Crippen LogP contribution in [0.5, 0.6) is 0 Å². The average molecular weight is 257 g/mol. The summed E-state index contributed by atoms with van der Waals surface area (Å²) < 4.78 is 10.5. The highest BCUT2D eigenvalue weighted by Crippen LogP contribution is 2.17. The molecular formula is C12H23N3O3. The number of nitrogens with two attached hydrogens (primary N) is 1. The van der Waals surface area contributed by atoms with E-state index in [0.29, 0.717) is 32.6 Å². The van der Waals surface area contributed by atoms with Crippen LogP contribution in [0.3, 0.4) is 0 Å². The first-order valence-electron chi connectivity index (χ1n) is 6.66. The summed E-state index contributed by atoms with van der Waals surface area (Å²) in [7, 11) is 0. The molecule has 18 heavy (non-hydrogen) atoms. The van der Waals surface area contributed by atoms with E-state index in [1.165, 1.54) is 0 Å². The third kappa shape index (κ3) is 3.65. The van der Waals surface area contributed by atoms with Gasteiger partial charge in [0.1, 0.15) is 0 Å². The predicted octanol–water partition coefficient (Wildman–Crippen LogP) is -1.06. The van der Waals surface area contributed by atoms with E-state index in [2.05, 4.69) is 10.2 Å². The fourth-order valence-corrected chi connectivity index (χ4v) is 2.29. The van der Waals surface area contributed by atoms with Crippen LogP contribution in [-0.2, 0) is 14.3 Å². The number of hydrogen-bond acceptors (Lipinski definition) is 5. The van der Waals surface area contributed by atoms with Crippen LogP contribution in [0.4, 0.5) is 0 Å². The Balaban J connectivity index is 1.67. The van der Waals surface area contributed by atoms with E-state index >= 15 is 0 Å². The van der Waals surface area contributed by atoms with Crippen molar-refractivity contribution in [3.63, 3.8) is 0 Å². The van der Waals surface area contributed by atoms with Gasteiger partial charge in [0.25, 0.3) is 0 Å². The van der Waals surface area contributed by atoms with Gasteiger partial charge in [0.05, 0.1) is 18.8 Å². The number of rotatable bonds is 4. The first kappa shape index (κ1) is 13.7. The molecule has 0 unspecified atom stereocenters. The molecule has 0 aromatic heterocycles. The summed E-state index contributed by atoms with van der Waals surface area (Å²) in [5, 5.41) is 2.94. The van der Waals surface area contributed by atoms with Crippen molar-refractivity contribution in [2.45, 2.75) is 18.4 Å². The number of ether oxygens (including phenoxy) is 2. The normalized spacial score (nSPS) is 24.7. The van der Waals surface area contributed by atoms with Crippen molar-refractivity contribution in [2.24, 2.45) is 5.73 Å². The van der Waals surface area contributed by atoms with Crippen LogP contribution in [0.1, 0.15) is 12.8 Å². The van der Waals surface area contributed by atoms with Gasteiger partial charge >= 0.3 is 0 Å². The quantitative estimate of drug-likeness (QED) is 0.671. The molecule has 2 rings (SSSR count). The zero-order valence-electron chi connectivity index (χ0n) is 10.8. The molecule has 2 heterocycles. The fraction of sp³-hybridized carbons (Fsp3) is 0.917. The predicted molar refractivity (Wildman–Crippen MR) is 67.2 cm³/mol. The van der Waals surface area contributed by atoms with E-state index in [9.17, 15) is 4.79 Å². The van der Waals surface area contributed by atoms with Gasteiger partial charge in [0, 0.05) is 39.4 Å². The second-order valence-electron chi connectivity index (χ2n) is 4.98. The van der Waals surface area contributed by atoms with Crippen LogP contribution in [0.15, 0.2) is 0 Å². The minimum Gasteiger partial charge on any atom is -0.381 e. The third-order valence-corrected chi connectivity index (χ3v) is 3.65. The maximum atomic E-state index is 12.0. The summed E-state index contributed by atoms with van der Waals surface area (Å²) >= 11 is 0. The Morgan fingerprint density at radius 1 is 1.17 bits per heavy atom. The molecule has 6 heteroatoms. The Bertz CT molecular complexity index is 274. The van der Waals surface area contributed by atoms with Crippen molar-refractivity contribution >= 4 is 5.91 Å². The number of carbonyl (C=O) groups excluding carboxylic acids is 1. The molecule has 0 aromatic carbocycles.